The summed E-state index contributed by atoms with van der Waals surface area (Å²) in [6, 6.07) is 9.79. The number of hydrogen-bond donors (Lipinski definition) is 2. The number of benzene rings is 1. The van der Waals surface area contributed by atoms with Gasteiger partial charge in [-0.15, -0.1) is 0 Å². The van der Waals surface area contributed by atoms with Crippen LogP contribution in [0.3, 0.4) is 0 Å². The molecule has 1 aromatic heterocycles. The van der Waals surface area contributed by atoms with Gasteiger partial charge in [-0.3, -0.25) is 9.59 Å². The number of pyridine rings is 1. The number of ketones is 1. The minimum Gasteiger partial charge on any atom is -0.507 e. The molecule has 1 atom stereocenters. The lowest BCUT2D eigenvalue weighted by molar-refractivity contribution is -0.857. The number of likely N-dealkylation sites (N-methyl/N-ethyl adjacent to an activating group) is 1. The standard InChI is InChI=1S/C21H23N3O4/c1-23(2)11-12-24-18(14-7-9-22-10-8-14)17(20(26)21(24)27)19(25)15-5-4-6-16(13-15)28-3/h4-10,13,18,25H,11-12H2,1-3H3/p+2. The zero-order valence-corrected chi connectivity index (χ0v) is 16.2. The topological polar surface area (TPSA) is 85.4 Å². The van der Waals surface area contributed by atoms with E-state index in [1.54, 1.807) is 36.7 Å². The molecule has 146 valence electrons. The molecule has 2 heterocycles. The number of nitrogens with zero attached hydrogens (tertiary/aromatic N) is 1. The Labute approximate surface area is 163 Å². The third-order valence-electron chi connectivity index (χ3n) is 4.80. The van der Waals surface area contributed by atoms with Gasteiger partial charge in [-0.1, -0.05) is 12.1 Å². The molecule has 2 aromatic rings. The van der Waals surface area contributed by atoms with Gasteiger partial charge in [-0.2, -0.15) is 0 Å². The molecule has 0 radical (unpaired) electrons. The summed E-state index contributed by atoms with van der Waals surface area (Å²) in [6.45, 7) is 1.09. The SMILES string of the molecule is COc1cccc(C(O)=C2C(=O)C(=O)N(CC[NH+](C)C)C2c2cc[nH+]cc2)c1. The van der Waals surface area contributed by atoms with Gasteiger partial charge in [0.15, 0.2) is 12.4 Å². The number of amides is 1. The Kier molecular flexibility index (Phi) is 5.75. The summed E-state index contributed by atoms with van der Waals surface area (Å²) in [7, 11) is 5.50. The molecule has 3 N–H and O–H groups in total. The number of aromatic nitrogens is 1. The van der Waals surface area contributed by atoms with Gasteiger partial charge in [0.1, 0.15) is 11.5 Å². The van der Waals surface area contributed by atoms with Gasteiger partial charge in [-0.25, -0.2) is 4.98 Å². The molecule has 1 unspecified atom stereocenters. The molecule has 1 saturated heterocycles. The van der Waals surface area contributed by atoms with Crippen molar-refractivity contribution < 1.29 is 29.3 Å². The lowest BCUT2D eigenvalue weighted by Gasteiger charge is -2.25. The number of carbonyl (C=O) groups is 2. The summed E-state index contributed by atoms with van der Waals surface area (Å²) in [4.78, 5) is 31.3. The van der Waals surface area contributed by atoms with Gasteiger partial charge in [-0.05, 0) is 17.7 Å². The predicted molar refractivity (Wildman–Crippen MR) is 103 cm³/mol. The average Bonchev–Trinajstić information content (AvgIpc) is 2.97. The van der Waals surface area contributed by atoms with Crippen molar-refractivity contribution in [3.05, 3.63) is 65.5 Å². The number of rotatable bonds is 6. The number of hydrogen-bond acceptors (Lipinski definition) is 4. The Morgan fingerprint density at radius 1 is 1.21 bits per heavy atom. The van der Waals surface area contributed by atoms with Crippen molar-refractivity contribution in [3.8, 4) is 5.75 Å². The second kappa shape index (κ2) is 8.22. The molecule has 7 heteroatoms. The molecule has 0 spiro atoms. The van der Waals surface area contributed by atoms with E-state index in [0.717, 1.165) is 10.5 Å². The molecule has 28 heavy (non-hydrogen) atoms. The zero-order valence-electron chi connectivity index (χ0n) is 16.2. The van der Waals surface area contributed by atoms with Crippen LogP contribution in [0.1, 0.15) is 17.2 Å². The van der Waals surface area contributed by atoms with Crippen molar-refractivity contribution in [2.45, 2.75) is 6.04 Å². The van der Waals surface area contributed by atoms with Crippen molar-refractivity contribution in [1.29, 1.82) is 0 Å². The minimum absolute atomic E-state index is 0.0956. The lowest BCUT2D eigenvalue weighted by atomic mass is 9.96. The average molecular weight is 383 g/mol. The Balaban J connectivity index is 2.13. The second-order valence-corrected chi connectivity index (χ2v) is 7.01. The molecule has 1 aliphatic rings. The van der Waals surface area contributed by atoms with E-state index < -0.39 is 17.7 Å². The van der Waals surface area contributed by atoms with Gasteiger partial charge < -0.3 is 19.6 Å². The van der Waals surface area contributed by atoms with Gasteiger partial charge in [0.05, 0.1) is 45.9 Å². The molecule has 7 nitrogen and oxygen atoms in total. The third kappa shape index (κ3) is 3.75. The first kappa shape index (κ1) is 19.6. The van der Waals surface area contributed by atoms with Gasteiger partial charge in [0, 0.05) is 17.7 Å². The number of likely N-dealkylation sites (tertiary alicyclic amines) is 1. The number of nitrogens with one attached hydrogen (secondary N) is 2. The number of aliphatic hydroxyl groups is 1. The van der Waals surface area contributed by atoms with Gasteiger partial charge in [0.2, 0.25) is 0 Å². The quantitative estimate of drug-likeness (QED) is 0.420. The highest BCUT2D eigenvalue weighted by molar-refractivity contribution is 6.46. The van der Waals surface area contributed by atoms with E-state index in [1.807, 2.05) is 26.2 Å². The molecule has 1 aromatic carbocycles. The van der Waals surface area contributed by atoms with Crippen LogP contribution in [-0.4, -0.2) is 56.0 Å². The first-order valence-corrected chi connectivity index (χ1v) is 9.12. The van der Waals surface area contributed by atoms with Gasteiger partial charge >= 0.3 is 0 Å². The number of H-pyrrole nitrogens is 1. The normalized spacial score (nSPS) is 18.7. The summed E-state index contributed by atoms with van der Waals surface area (Å²) in [5, 5.41) is 11.0. The van der Waals surface area contributed by atoms with E-state index in [0.29, 0.717) is 24.4 Å². The summed E-state index contributed by atoms with van der Waals surface area (Å²) in [5.74, 6) is -0.912. The number of methoxy groups -OCH3 is 1. The summed E-state index contributed by atoms with van der Waals surface area (Å²) in [5.41, 5.74) is 1.29. The van der Waals surface area contributed by atoms with Crippen LogP contribution in [0.5, 0.6) is 5.75 Å². The van der Waals surface area contributed by atoms with E-state index in [1.165, 1.54) is 12.0 Å². The highest BCUT2D eigenvalue weighted by Gasteiger charge is 2.46. The fourth-order valence-corrected chi connectivity index (χ4v) is 3.31. The molecule has 0 bridgehead atoms. The van der Waals surface area contributed by atoms with Gasteiger partial charge in [0.25, 0.3) is 11.7 Å². The second-order valence-electron chi connectivity index (χ2n) is 7.01. The monoisotopic (exact) mass is 383 g/mol. The molecule has 3 rings (SSSR count). The van der Waals surface area contributed by atoms with Crippen LogP contribution in [-0.2, 0) is 9.59 Å². The Hall–Kier alpha value is -3.19. The molecule has 1 aliphatic heterocycles. The molecule has 1 fully saturated rings. The first-order chi connectivity index (χ1) is 13.4. The number of aromatic amines is 1. The zero-order chi connectivity index (χ0) is 20.3. The highest BCUT2D eigenvalue weighted by Crippen LogP contribution is 2.39. The van der Waals surface area contributed by atoms with E-state index >= 15 is 0 Å². The molecule has 0 saturated carbocycles. The number of quaternary nitrogens is 1. The van der Waals surface area contributed by atoms with Crippen LogP contribution in [0.2, 0.25) is 0 Å². The lowest BCUT2D eigenvalue weighted by Crippen LogP contribution is -3.06. The molecular formula is C21H25N3O4+2. The number of aliphatic hydroxyl groups excluding tert-OH is 1. The molecule has 1 amide bonds. The number of Topliss-reactive ketones (excluding diaryl/α,β-unsaturated/α-hetero) is 1. The Morgan fingerprint density at radius 3 is 2.57 bits per heavy atom. The van der Waals surface area contributed by atoms with E-state index in [4.69, 9.17) is 4.74 Å². The minimum atomic E-state index is -0.674. The van der Waals surface area contributed by atoms with Crippen molar-refractivity contribution in [2.24, 2.45) is 0 Å². The van der Waals surface area contributed by atoms with Crippen LogP contribution >= 0.6 is 0 Å². The van der Waals surface area contributed by atoms with Crippen LogP contribution in [0.15, 0.2) is 54.4 Å². The summed E-state index contributed by atoms with van der Waals surface area (Å²) >= 11 is 0. The van der Waals surface area contributed by atoms with Crippen LogP contribution < -0.4 is 14.6 Å². The summed E-state index contributed by atoms with van der Waals surface area (Å²) in [6.07, 6.45) is 3.47. The maximum absolute atomic E-state index is 12.9. The largest absolute Gasteiger partial charge is 0.507 e. The smallest absolute Gasteiger partial charge is 0.295 e. The van der Waals surface area contributed by atoms with Crippen LogP contribution in [0.25, 0.3) is 5.76 Å². The highest BCUT2D eigenvalue weighted by atomic mass is 16.5. The molecular weight excluding hydrogens is 358 g/mol. The molecule has 0 aliphatic carbocycles. The number of ether oxygens (including phenoxy) is 1. The number of carbonyl (C=O) groups excluding carboxylic acids is 2. The van der Waals surface area contributed by atoms with Crippen molar-refractivity contribution in [2.75, 3.05) is 34.3 Å². The first-order valence-electron chi connectivity index (χ1n) is 9.12. The van der Waals surface area contributed by atoms with E-state index in [2.05, 4.69) is 4.98 Å². The van der Waals surface area contributed by atoms with Crippen LogP contribution in [0, 0.1) is 0 Å². The summed E-state index contributed by atoms with van der Waals surface area (Å²) < 4.78 is 5.21. The maximum atomic E-state index is 12.9. The Bertz CT molecular complexity index is 909. The fourth-order valence-electron chi connectivity index (χ4n) is 3.31. The van der Waals surface area contributed by atoms with Crippen molar-refractivity contribution in [3.63, 3.8) is 0 Å². The van der Waals surface area contributed by atoms with Crippen LogP contribution in [0.4, 0.5) is 0 Å². The maximum Gasteiger partial charge on any atom is 0.295 e. The third-order valence-corrected chi connectivity index (χ3v) is 4.80. The van der Waals surface area contributed by atoms with E-state index in [-0.39, 0.29) is 11.3 Å². The fraction of sp³-hybridized carbons (Fsp3) is 0.286. The van der Waals surface area contributed by atoms with Crippen molar-refractivity contribution in [1.82, 2.24) is 4.90 Å². The Morgan fingerprint density at radius 2 is 1.93 bits per heavy atom. The predicted octanol–water partition coefficient (Wildman–Crippen LogP) is 0.0755. The van der Waals surface area contributed by atoms with Crippen molar-refractivity contribution >= 4 is 17.4 Å². The van der Waals surface area contributed by atoms with E-state index in [9.17, 15) is 14.7 Å².